The highest BCUT2D eigenvalue weighted by atomic mass is 16.1. The molecule has 0 aliphatic rings. The lowest BCUT2D eigenvalue weighted by atomic mass is 10.1. The van der Waals surface area contributed by atoms with Crippen LogP contribution in [-0.4, -0.2) is 25.5 Å². The SMILES string of the molecule is CCn1ncc(/C=C/C(=O)Nc2c(C)nn(Cc3cccc(C)c3)c2C)c1C. The van der Waals surface area contributed by atoms with Gasteiger partial charge in [0.2, 0.25) is 5.91 Å². The van der Waals surface area contributed by atoms with Gasteiger partial charge < -0.3 is 5.32 Å². The lowest BCUT2D eigenvalue weighted by molar-refractivity contribution is -0.111. The summed E-state index contributed by atoms with van der Waals surface area (Å²) >= 11 is 0. The summed E-state index contributed by atoms with van der Waals surface area (Å²) in [6.07, 6.45) is 5.12. The summed E-state index contributed by atoms with van der Waals surface area (Å²) in [6.45, 7) is 11.5. The first kappa shape index (κ1) is 19.6. The van der Waals surface area contributed by atoms with Crippen LogP contribution in [0.3, 0.4) is 0 Å². The summed E-state index contributed by atoms with van der Waals surface area (Å²) in [5, 5.41) is 11.9. The van der Waals surface area contributed by atoms with Crippen molar-refractivity contribution in [1.82, 2.24) is 19.6 Å². The number of hydrogen-bond donors (Lipinski definition) is 1. The first-order chi connectivity index (χ1) is 13.4. The van der Waals surface area contributed by atoms with Gasteiger partial charge in [0, 0.05) is 23.9 Å². The highest BCUT2D eigenvalue weighted by Crippen LogP contribution is 2.21. The Morgan fingerprint density at radius 2 is 1.93 bits per heavy atom. The number of aryl methyl sites for hydroxylation is 3. The van der Waals surface area contributed by atoms with Gasteiger partial charge in [-0.2, -0.15) is 10.2 Å². The minimum absolute atomic E-state index is 0.176. The zero-order valence-corrected chi connectivity index (χ0v) is 17.2. The molecule has 0 unspecified atom stereocenters. The van der Waals surface area contributed by atoms with Gasteiger partial charge in [0.1, 0.15) is 0 Å². The molecule has 2 aromatic heterocycles. The normalized spacial score (nSPS) is 11.3. The number of carbonyl (C=O) groups excluding carboxylic acids is 1. The maximum Gasteiger partial charge on any atom is 0.248 e. The Morgan fingerprint density at radius 1 is 1.14 bits per heavy atom. The van der Waals surface area contributed by atoms with Crippen molar-refractivity contribution in [3.05, 3.63) is 70.3 Å². The van der Waals surface area contributed by atoms with Crippen LogP contribution in [0, 0.1) is 27.7 Å². The predicted octanol–water partition coefficient (Wildman–Crippen LogP) is 4.03. The summed E-state index contributed by atoms with van der Waals surface area (Å²) in [5.41, 5.74) is 6.91. The number of hydrogen-bond acceptors (Lipinski definition) is 3. The van der Waals surface area contributed by atoms with Gasteiger partial charge in [0.15, 0.2) is 0 Å². The van der Waals surface area contributed by atoms with E-state index in [1.807, 2.05) is 43.1 Å². The van der Waals surface area contributed by atoms with Gasteiger partial charge in [-0.1, -0.05) is 29.8 Å². The monoisotopic (exact) mass is 377 g/mol. The van der Waals surface area contributed by atoms with Crippen molar-refractivity contribution in [3.63, 3.8) is 0 Å². The third-order valence-electron chi connectivity index (χ3n) is 4.90. The van der Waals surface area contributed by atoms with Crippen molar-refractivity contribution in [2.75, 3.05) is 5.32 Å². The van der Waals surface area contributed by atoms with Crippen LogP contribution >= 0.6 is 0 Å². The van der Waals surface area contributed by atoms with Gasteiger partial charge in [-0.25, -0.2) is 0 Å². The Labute approximate surface area is 165 Å². The fraction of sp³-hybridized carbons (Fsp3) is 0.318. The molecule has 0 aliphatic heterocycles. The number of nitrogens with one attached hydrogen (secondary N) is 1. The fourth-order valence-corrected chi connectivity index (χ4v) is 3.29. The molecule has 0 fully saturated rings. The minimum Gasteiger partial charge on any atom is -0.319 e. The molecule has 0 bridgehead atoms. The number of anilines is 1. The molecule has 3 aromatic rings. The van der Waals surface area contributed by atoms with E-state index in [4.69, 9.17) is 0 Å². The Hall–Kier alpha value is -3.15. The largest absolute Gasteiger partial charge is 0.319 e. The third-order valence-corrected chi connectivity index (χ3v) is 4.90. The number of carbonyl (C=O) groups is 1. The molecular formula is C22H27N5O. The molecule has 1 aromatic carbocycles. The smallest absolute Gasteiger partial charge is 0.248 e. The van der Waals surface area contributed by atoms with Gasteiger partial charge in [-0.15, -0.1) is 0 Å². The molecule has 0 saturated carbocycles. The van der Waals surface area contributed by atoms with Gasteiger partial charge in [-0.05, 0) is 46.3 Å². The molecule has 0 aliphatic carbocycles. The van der Waals surface area contributed by atoms with Crippen LogP contribution in [0.5, 0.6) is 0 Å². The van der Waals surface area contributed by atoms with Crippen molar-refractivity contribution in [1.29, 1.82) is 0 Å². The van der Waals surface area contributed by atoms with Crippen LogP contribution in [0.2, 0.25) is 0 Å². The molecule has 6 nitrogen and oxygen atoms in total. The molecule has 6 heteroatoms. The first-order valence-electron chi connectivity index (χ1n) is 9.50. The molecule has 1 N–H and O–H groups in total. The van der Waals surface area contributed by atoms with E-state index in [1.54, 1.807) is 18.3 Å². The van der Waals surface area contributed by atoms with Crippen LogP contribution in [-0.2, 0) is 17.9 Å². The highest BCUT2D eigenvalue weighted by molar-refractivity contribution is 6.02. The lowest BCUT2D eigenvalue weighted by Gasteiger charge is -2.07. The standard InChI is InChI=1S/C22H27N5O/c1-6-26-17(4)20(13-23-26)10-11-21(28)24-22-16(3)25-27(18(22)5)14-19-9-7-8-15(2)12-19/h7-13H,6,14H2,1-5H3,(H,24,28)/b11-10+. The van der Waals surface area contributed by atoms with E-state index in [9.17, 15) is 4.79 Å². The van der Waals surface area contributed by atoms with Crippen LogP contribution in [0.4, 0.5) is 5.69 Å². The maximum atomic E-state index is 12.4. The van der Waals surface area contributed by atoms with Crippen LogP contribution in [0.15, 0.2) is 36.5 Å². The summed E-state index contributed by atoms with van der Waals surface area (Å²) in [4.78, 5) is 12.4. The Balaban J connectivity index is 1.73. The Kier molecular flexibility index (Phi) is 5.78. The molecule has 0 radical (unpaired) electrons. The van der Waals surface area contributed by atoms with E-state index in [-0.39, 0.29) is 5.91 Å². The number of aromatic nitrogens is 4. The average Bonchev–Trinajstić information content (AvgIpc) is 3.14. The molecule has 2 heterocycles. The topological polar surface area (TPSA) is 64.7 Å². The van der Waals surface area contributed by atoms with Crippen LogP contribution in [0.25, 0.3) is 6.08 Å². The summed E-state index contributed by atoms with van der Waals surface area (Å²) < 4.78 is 3.83. The van der Waals surface area contributed by atoms with Crippen molar-refractivity contribution < 1.29 is 4.79 Å². The van der Waals surface area contributed by atoms with Crippen molar-refractivity contribution in [2.45, 2.75) is 47.7 Å². The summed E-state index contributed by atoms with van der Waals surface area (Å²) in [6, 6.07) is 8.36. The zero-order valence-electron chi connectivity index (χ0n) is 17.2. The van der Waals surface area contributed by atoms with E-state index < -0.39 is 0 Å². The third kappa shape index (κ3) is 4.22. The highest BCUT2D eigenvalue weighted by Gasteiger charge is 2.13. The van der Waals surface area contributed by atoms with Crippen molar-refractivity contribution in [2.24, 2.45) is 0 Å². The quantitative estimate of drug-likeness (QED) is 0.660. The number of nitrogens with zero attached hydrogens (tertiary/aromatic N) is 4. The Bertz CT molecular complexity index is 1030. The lowest BCUT2D eigenvalue weighted by Crippen LogP contribution is -2.10. The van der Waals surface area contributed by atoms with Crippen molar-refractivity contribution in [3.8, 4) is 0 Å². The predicted molar refractivity (Wildman–Crippen MR) is 112 cm³/mol. The van der Waals surface area contributed by atoms with E-state index in [2.05, 4.69) is 40.6 Å². The molecule has 0 saturated heterocycles. The van der Waals surface area contributed by atoms with Crippen LogP contribution in [0.1, 0.15) is 40.7 Å². The molecule has 0 atom stereocenters. The van der Waals surface area contributed by atoms with E-state index >= 15 is 0 Å². The Morgan fingerprint density at radius 3 is 2.61 bits per heavy atom. The summed E-state index contributed by atoms with van der Waals surface area (Å²) in [5.74, 6) is -0.176. The molecule has 146 valence electrons. The second-order valence-electron chi connectivity index (χ2n) is 7.02. The molecule has 3 rings (SSSR count). The van der Waals surface area contributed by atoms with E-state index in [0.29, 0.717) is 6.54 Å². The summed E-state index contributed by atoms with van der Waals surface area (Å²) in [7, 11) is 0. The van der Waals surface area contributed by atoms with Gasteiger partial charge >= 0.3 is 0 Å². The fourth-order valence-electron chi connectivity index (χ4n) is 3.29. The van der Waals surface area contributed by atoms with E-state index in [1.165, 1.54) is 11.1 Å². The molecule has 28 heavy (non-hydrogen) atoms. The van der Waals surface area contributed by atoms with Gasteiger partial charge in [0.05, 0.1) is 29.8 Å². The van der Waals surface area contributed by atoms with Gasteiger partial charge in [0.25, 0.3) is 0 Å². The number of rotatable bonds is 6. The van der Waals surface area contributed by atoms with Crippen LogP contribution < -0.4 is 5.32 Å². The molecule has 1 amide bonds. The minimum atomic E-state index is -0.176. The zero-order chi connectivity index (χ0) is 20.3. The number of benzene rings is 1. The second kappa shape index (κ2) is 8.25. The van der Waals surface area contributed by atoms with Crippen molar-refractivity contribution >= 4 is 17.7 Å². The first-order valence-corrected chi connectivity index (χ1v) is 9.50. The molecular weight excluding hydrogens is 350 g/mol. The van der Waals surface area contributed by atoms with E-state index in [0.717, 1.165) is 34.9 Å². The second-order valence-corrected chi connectivity index (χ2v) is 7.02. The van der Waals surface area contributed by atoms with Gasteiger partial charge in [-0.3, -0.25) is 14.2 Å². The molecule has 0 spiro atoms. The number of amides is 1. The maximum absolute atomic E-state index is 12.4. The average molecular weight is 377 g/mol.